The molecule has 0 N–H and O–H groups in total. The monoisotopic (exact) mass is 277 g/mol. The molecule has 0 saturated heterocycles. The molecule has 0 unspecified atom stereocenters. The molecule has 1 fully saturated rings. The normalized spacial score (nSPS) is 15.6. The highest BCUT2D eigenvalue weighted by Crippen LogP contribution is 2.42. The highest BCUT2D eigenvalue weighted by atomic mass is 79.9. The van der Waals surface area contributed by atoms with Gasteiger partial charge in [0.15, 0.2) is 6.29 Å². The Bertz CT molecular complexity index is 581. The zero-order valence-electron chi connectivity index (χ0n) is 9.03. The molecule has 1 heterocycles. The number of halogens is 1. The van der Waals surface area contributed by atoms with E-state index in [4.69, 9.17) is 0 Å². The van der Waals surface area contributed by atoms with E-state index < -0.39 is 0 Å². The second kappa shape index (κ2) is 3.45. The molecule has 0 bridgehead atoms. The van der Waals surface area contributed by atoms with Crippen LogP contribution < -0.4 is 0 Å². The third-order valence-corrected chi connectivity index (χ3v) is 3.95. The quantitative estimate of drug-likeness (QED) is 0.764. The largest absolute Gasteiger partial charge is 0.335 e. The van der Waals surface area contributed by atoms with Crippen LogP contribution in [0, 0.1) is 6.92 Å². The van der Waals surface area contributed by atoms with E-state index in [1.54, 1.807) is 0 Å². The Balaban J connectivity index is 2.45. The topological polar surface area (TPSA) is 22.0 Å². The predicted molar refractivity (Wildman–Crippen MR) is 68.0 cm³/mol. The lowest BCUT2D eigenvalue weighted by atomic mass is 10.1. The Kier molecular flexibility index (Phi) is 2.18. The Morgan fingerprint density at radius 2 is 2.19 bits per heavy atom. The van der Waals surface area contributed by atoms with Gasteiger partial charge in [0.05, 0.1) is 11.2 Å². The minimum absolute atomic E-state index is 0.533. The Hall–Kier alpha value is -1.09. The molecule has 1 aliphatic rings. The number of aromatic nitrogens is 1. The number of aryl methyl sites for hydroxylation is 1. The van der Waals surface area contributed by atoms with Crippen LogP contribution in [0.15, 0.2) is 22.7 Å². The number of nitrogens with zero attached hydrogens (tertiary/aromatic N) is 1. The van der Waals surface area contributed by atoms with Gasteiger partial charge in [-0.15, -0.1) is 0 Å². The molecular weight excluding hydrogens is 266 g/mol. The molecule has 0 radical (unpaired) electrons. The molecule has 3 heteroatoms. The van der Waals surface area contributed by atoms with E-state index in [1.165, 1.54) is 23.7 Å². The van der Waals surface area contributed by atoms with E-state index in [0.717, 1.165) is 22.0 Å². The zero-order chi connectivity index (χ0) is 11.3. The predicted octanol–water partition coefficient (Wildman–Crippen LogP) is 3.86. The first-order valence-corrected chi connectivity index (χ1v) is 6.27. The van der Waals surface area contributed by atoms with Gasteiger partial charge in [0, 0.05) is 15.9 Å². The second-order valence-electron chi connectivity index (χ2n) is 4.36. The van der Waals surface area contributed by atoms with Crippen molar-refractivity contribution < 1.29 is 4.79 Å². The third kappa shape index (κ3) is 1.27. The van der Waals surface area contributed by atoms with Crippen molar-refractivity contribution in [2.75, 3.05) is 0 Å². The van der Waals surface area contributed by atoms with Crippen LogP contribution in [0.1, 0.15) is 34.9 Å². The molecular formula is C13H12BrNO. The fourth-order valence-electron chi connectivity index (χ4n) is 2.39. The molecule has 0 aliphatic heterocycles. The van der Waals surface area contributed by atoms with Crippen LogP contribution in [0.4, 0.5) is 0 Å². The van der Waals surface area contributed by atoms with Crippen molar-refractivity contribution in [1.29, 1.82) is 0 Å². The molecule has 0 amide bonds. The smallest absolute Gasteiger partial charge is 0.166 e. The first-order valence-electron chi connectivity index (χ1n) is 5.48. The summed E-state index contributed by atoms with van der Waals surface area (Å²) in [5, 5.41) is 1.18. The molecule has 1 saturated carbocycles. The van der Waals surface area contributed by atoms with Crippen LogP contribution in [-0.2, 0) is 0 Å². The molecule has 2 nitrogen and oxygen atoms in total. The van der Waals surface area contributed by atoms with Gasteiger partial charge in [0.2, 0.25) is 0 Å². The standard InChI is InChI=1S/C13H12BrNO/c1-8-12(7-16)15(9-5-6-9)11-4-2-3-10(14)13(8)11/h2-4,7,9H,5-6H2,1H3. The van der Waals surface area contributed by atoms with Crippen molar-refractivity contribution in [1.82, 2.24) is 4.57 Å². The van der Waals surface area contributed by atoms with Crippen molar-refractivity contribution in [2.24, 2.45) is 0 Å². The van der Waals surface area contributed by atoms with Crippen molar-refractivity contribution in [3.63, 3.8) is 0 Å². The average Bonchev–Trinajstić information content (AvgIpc) is 3.05. The number of fused-ring (bicyclic) bond motifs is 1. The maximum absolute atomic E-state index is 11.2. The molecule has 82 valence electrons. The van der Waals surface area contributed by atoms with Gasteiger partial charge >= 0.3 is 0 Å². The number of aldehydes is 1. The highest BCUT2D eigenvalue weighted by Gasteiger charge is 2.29. The van der Waals surface area contributed by atoms with Gasteiger partial charge in [-0.1, -0.05) is 22.0 Å². The number of carbonyl (C=O) groups is 1. The lowest BCUT2D eigenvalue weighted by molar-refractivity contribution is 0.111. The molecule has 1 aromatic carbocycles. The zero-order valence-corrected chi connectivity index (χ0v) is 10.6. The summed E-state index contributed by atoms with van der Waals surface area (Å²) in [4.78, 5) is 11.2. The summed E-state index contributed by atoms with van der Waals surface area (Å²) in [6.45, 7) is 2.02. The van der Waals surface area contributed by atoms with Crippen LogP contribution in [0.5, 0.6) is 0 Å². The van der Waals surface area contributed by atoms with E-state index in [0.29, 0.717) is 6.04 Å². The number of hydrogen-bond donors (Lipinski definition) is 0. The summed E-state index contributed by atoms with van der Waals surface area (Å²) in [7, 11) is 0. The average molecular weight is 278 g/mol. The van der Waals surface area contributed by atoms with Gasteiger partial charge in [0.25, 0.3) is 0 Å². The van der Waals surface area contributed by atoms with Crippen LogP contribution in [-0.4, -0.2) is 10.9 Å². The number of benzene rings is 1. The Morgan fingerprint density at radius 3 is 2.81 bits per heavy atom. The van der Waals surface area contributed by atoms with Crippen molar-refractivity contribution in [3.8, 4) is 0 Å². The van der Waals surface area contributed by atoms with Crippen LogP contribution in [0.3, 0.4) is 0 Å². The van der Waals surface area contributed by atoms with Gasteiger partial charge in [-0.25, -0.2) is 0 Å². The van der Waals surface area contributed by atoms with E-state index in [9.17, 15) is 4.79 Å². The minimum Gasteiger partial charge on any atom is -0.335 e. The Labute approximate surface area is 102 Å². The van der Waals surface area contributed by atoms with Crippen LogP contribution in [0.2, 0.25) is 0 Å². The third-order valence-electron chi connectivity index (χ3n) is 3.29. The summed E-state index contributed by atoms with van der Waals surface area (Å²) in [5.41, 5.74) is 3.10. The van der Waals surface area contributed by atoms with Gasteiger partial charge < -0.3 is 4.57 Å². The molecule has 0 spiro atoms. The fraction of sp³-hybridized carbons (Fsp3) is 0.308. The maximum atomic E-state index is 11.2. The highest BCUT2D eigenvalue weighted by molar-refractivity contribution is 9.10. The molecule has 3 rings (SSSR count). The van der Waals surface area contributed by atoms with Crippen LogP contribution in [0.25, 0.3) is 10.9 Å². The fourth-order valence-corrected chi connectivity index (χ4v) is 3.05. The Morgan fingerprint density at radius 1 is 1.44 bits per heavy atom. The van der Waals surface area contributed by atoms with Gasteiger partial charge in [0.1, 0.15) is 0 Å². The van der Waals surface area contributed by atoms with Crippen molar-refractivity contribution in [3.05, 3.63) is 33.9 Å². The molecule has 1 aromatic heterocycles. The van der Waals surface area contributed by atoms with Gasteiger partial charge in [-0.2, -0.15) is 0 Å². The molecule has 0 atom stereocenters. The first kappa shape index (κ1) is 10.1. The summed E-state index contributed by atoms with van der Waals surface area (Å²) in [6.07, 6.45) is 3.37. The lowest BCUT2D eigenvalue weighted by Gasteiger charge is -2.04. The van der Waals surface area contributed by atoms with Gasteiger partial charge in [-0.3, -0.25) is 4.79 Å². The number of carbonyl (C=O) groups excluding carboxylic acids is 1. The lowest BCUT2D eigenvalue weighted by Crippen LogP contribution is -1.99. The number of hydrogen-bond acceptors (Lipinski definition) is 1. The minimum atomic E-state index is 0.533. The summed E-state index contributed by atoms with van der Waals surface area (Å²) >= 11 is 3.56. The van der Waals surface area contributed by atoms with Crippen LogP contribution >= 0.6 is 15.9 Å². The SMILES string of the molecule is Cc1c(C=O)n(C2CC2)c2cccc(Br)c12. The summed E-state index contributed by atoms with van der Waals surface area (Å²) < 4.78 is 3.27. The van der Waals surface area contributed by atoms with E-state index in [2.05, 4.69) is 26.6 Å². The van der Waals surface area contributed by atoms with Crippen molar-refractivity contribution >= 4 is 33.1 Å². The second-order valence-corrected chi connectivity index (χ2v) is 5.22. The van der Waals surface area contributed by atoms with E-state index >= 15 is 0 Å². The number of rotatable bonds is 2. The summed E-state index contributed by atoms with van der Waals surface area (Å²) in [6, 6.07) is 6.68. The molecule has 1 aliphatic carbocycles. The van der Waals surface area contributed by atoms with E-state index in [-0.39, 0.29) is 0 Å². The molecule has 16 heavy (non-hydrogen) atoms. The first-order chi connectivity index (χ1) is 7.74. The summed E-state index contributed by atoms with van der Waals surface area (Å²) in [5.74, 6) is 0. The van der Waals surface area contributed by atoms with Crippen molar-refractivity contribution in [2.45, 2.75) is 25.8 Å². The molecule has 2 aromatic rings. The van der Waals surface area contributed by atoms with Gasteiger partial charge in [-0.05, 0) is 37.5 Å². The van der Waals surface area contributed by atoms with E-state index in [1.807, 2.05) is 19.1 Å². The maximum Gasteiger partial charge on any atom is 0.166 e.